The molecule has 1 saturated heterocycles. The monoisotopic (exact) mass is 420 g/mol. The second kappa shape index (κ2) is 7.98. The third-order valence-electron chi connectivity index (χ3n) is 6.19. The molecule has 0 radical (unpaired) electrons. The number of rotatable bonds is 3. The predicted octanol–water partition coefficient (Wildman–Crippen LogP) is 4.25. The van der Waals surface area contributed by atoms with Crippen molar-refractivity contribution < 1.29 is 19.2 Å². The van der Waals surface area contributed by atoms with E-state index in [2.05, 4.69) is 0 Å². The number of likely N-dealkylation sites (tertiary alicyclic amines) is 1. The fraction of sp³-hybridized carbons (Fsp3) is 0.333. The van der Waals surface area contributed by atoms with Gasteiger partial charge in [0.05, 0.1) is 16.9 Å². The topological polar surface area (TPSA) is 89.8 Å². The Morgan fingerprint density at radius 3 is 2.58 bits per heavy atom. The van der Waals surface area contributed by atoms with Crippen LogP contribution in [0, 0.1) is 24.0 Å². The van der Waals surface area contributed by atoms with Crippen molar-refractivity contribution in [2.75, 3.05) is 13.1 Å². The van der Waals surface area contributed by atoms with Crippen molar-refractivity contribution in [1.29, 1.82) is 0 Å². The number of amides is 1. The summed E-state index contributed by atoms with van der Waals surface area (Å²) in [5, 5.41) is 10.9. The van der Waals surface area contributed by atoms with Crippen LogP contribution in [-0.4, -0.2) is 40.2 Å². The SMILES string of the molecule is Cc1cc2c(cc1C)C(=O)CC1(CCN(C(=O)/C=C/c3cccc([N+](=O)[O-])c3)CC1)O2. The van der Waals surface area contributed by atoms with Gasteiger partial charge in [-0.2, -0.15) is 0 Å². The lowest BCUT2D eigenvalue weighted by molar-refractivity contribution is -0.384. The van der Waals surface area contributed by atoms with E-state index in [4.69, 9.17) is 4.74 Å². The molecule has 31 heavy (non-hydrogen) atoms. The summed E-state index contributed by atoms with van der Waals surface area (Å²) >= 11 is 0. The molecule has 0 atom stereocenters. The minimum Gasteiger partial charge on any atom is -0.486 e. The van der Waals surface area contributed by atoms with Crippen molar-refractivity contribution in [2.45, 2.75) is 38.7 Å². The quantitative estimate of drug-likeness (QED) is 0.421. The fourth-order valence-corrected chi connectivity index (χ4v) is 4.18. The summed E-state index contributed by atoms with van der Waals surface area (Å²) in [6.45, 7) is 4.97. The highest BCUT2D eigenvalue weighted by Crippen LogP contribution is 2.40. The van der Waals surface area contributed by atoms with E-state index >= 15 is 0 Å². The molecule has 160 valence electrons. The molecule has 0 saturated carbocycles. The van der Waals surface area contributed by atoms with E-state index in [1.165, 1.54) is 18.2 Å². The molecule has 1 amide bonds. The number of piperidine rings is 1. The average molecular weight is 420 g/mol. The van der Waals surface area contributed by atoms with Gasteiger partial charge in [-0.3, -0.25) is 19.7 Å². The third-order valence-corrected chi connectivity index (χ3v) is 6.19. The minimum atomic E-state index is -0.563. The summed E-state index contributed by atoms with van der Waals surface area (Å²) in [7, 11) is 0. The van der Waals surface area contributed by atoms with Crippen LogP contribution < -0.4 is 4.74 Å². The maximum Gasteiger partial charge on any atom is 0.270 e. The van der Waals surface area contributed by atoms with Gasteiger partial charge >= 0.3 is 0 Å². The smallest absolute Gasteiger partial charge is 0.270 e. The number of nitro groups is 1. The number of Topliss-reactive ketones (excluding diaryl/α,β-unsaturated/α-hetero) is 1. The van der Waals surface area contributed by atoms with Crippen LogP contribution in [0.5, 0.6) is 5.75 Å². The van der Waals surface area contributed by atoms with Gasteiger partial charge in [0.15, 0.2) is 5.78 Å². The van der Waals surface area contributed by atoms with Gasteiger partial charge in [-0.05, 0) is 48.7 Å². The van der Waals surface area contributed by atoms with Crippen molar-refractivity contribution in [2.24, 2.45) is 0 Å². The van der Waals surface area contributed by atoms with E-state index in [0.717, 1.165) is 11.1 Å². The Morgan fingerprint density at radius 2 is 1.87 bits per heavy atom. The number of hydrogen-bond acceptors (Lipinski definition) is 5. The lowest BCUT2D eigenvalue weighted by Crippen LogP contribution is -2.52. The molecule has 7 heteroatoms. The number of nitro benzene ring substituents is 1. The number of non-ortho nitro benzene ring substituents is 1. The number of hydrogen-bond donors (Lipinski definition) is 0. The molecule has 1 spiro atoms. The number of carbonyl (C=O) groups is 2. The van der Waals surface area contributed by atoms with Crippen LogP contribution in [0.25, 0.3) is 6.08 Å². The number of fused-ring (bicyclic) bond motifs is 1. The fourth-order valence-electron chi connectivity index (χ4n) is 4.18. The molecule has 0 aliphatic carbocycles. The second-order valence-corrected chi connectivity index (χ2v) is 8.33. The minimum absolute atomic E-state index is 0.0145. The van der Waals surface area contributed by atoms with Gasteiger partial charge in [0.1, 0.15) is 11.4 Å². The van der Waals surface area contributed by atoms with Gasteiger partial charge in [-0.15, -0.1) is 0 Å². The molecular formula is C24H24N2O5. The Kier molecular flexibility index (Phi) is 5.35. The maximum atomic E-state index is 12.8. The third kappa shape index (κ3) is 4.21. The van der Waals surface area contributed by atoms with Gasteiger partial charge in [0.2, 0.25) is 5.91 Å². The van der Waals surface area contributed by atoms with E-state index in [-0.39, 0.29) is 17.4 Å². The molecule has 2 aromatic carbocycles. The van der Waals surface area contributed by atoms with Crippen molar-refractivity contribution in [3.63, 3.8) is 0 Å². The molecule has 0 aromatic heterocycles. The molecule has 1 fully saturated rings. The number of nitrogens with zero attached hydrogens (tertiary/aromatic N) is 2. The van der Waals surface area contributed by atoms with E-state index in [0.29, 0.717) is 49.2 Å². The Morgan fingerprint density at radius 1 is 1.16 bits per heavy atom. The molecule has 7 nitrogen and oxygen atoms in total. The van der Waals surface area contributed by atoms with Crippen LogP contribution >= 0.6 is 0 Å². The largest absolute Gasteiger partial charge is 0.486 e. The molecule has 0 bridgehead atoms. The van der Waals surface area contributed by atoms with E-state index < -0.39 is 10.5 Å². The summed E-state index contributed by atoms with van der Waals surface area (Å²) in [6, 6.07) is 9.98. The molecular weight excluding hydrogens is 396 g/mol. The van der Waals surface area contributed by atoms with Gasteiger partial charge in [-0.25, -0.2) is 0 Å². The highest BCUT2D eigenvalue weighted by molar-refractivity contribution is 6.00. The Hall–Kier alpha value is -3.48. The molecule has 2 aromatic rings. The van der Waals surface area contributed by atoms with Crippen LogP contribution in [0.1, 0.15) is 46.3 Å². The Labute approximate surface area is 180 Å². The highest BCUT2D eigenvalue weighted by atomic mass is 16.6. The van der Waals surface area contributed by atoms with Crippen LogP contribution in [-0.2, 0) is 4.79 Å². The summed E-state index contributed by atoms with van der Waals surface area (Å²) in [4.78, 5) is 37.5. The maximum absolute atomic E-state index is 12.8. The summed E-state index contributed by atoms with van der Waals surface area (Å²) in [6.07, 6.45) is 4.52. The average Bonchev–Trinajstić information content (AvgIpc) is 2.74. The zero-order chi connectivity index (χ0) is 22.2. The molecule has 2 heterocycles. The zero-order valence-corrected chi connectivity index (χ0v) is 17.6. The van der Waals surface area contributed by atoms with Crippen LogP contribution in [0.15, 0.2) is 42.5 Å². The standard InChI is InChI=1S/C24H24N2O5/c1-16-12-20-21(27)15-24(31-22(20)13-17(16)2)8-10-25(11-9-24)23(28)7-6-18-4-3-5-19(14-18)26(29)30/h3-7,12-14H,8-11,15H2,1-2H3/b7-6+. The van der Waals surface area contributed by atoms with E-state index in [9.17, 15) is 19.7 Å². The van der Waals surface area contributed by atoms with Gasteiger partial charge in [0.25, 0.3) is 5.69 Å². The first kappa shape index (κ1) is 20.8. The Bertz CT molecular complexity index is 1100. The van der Waals surface area contributed by atoms with E-state index in [1.807, 2.05) is 26.0 Å². The molecule has 0 unspecified atom stereocenters. The first-order valence-corrected chi connectivity index (χ1v) is 10.3. The summed E-state index contributed by atoms with van der Waals surface area (Å²) in [5.74, 6) is 0.578. The number of benzene rings is 2. The van der Waals surface area contributed by atoms with Crippen molar-refractivity contribution in [1.82, 2.24) is 4.90 Å². The van der Waals surface area contributed by atoms with Gasteiger partial charge in [-0.1, -0.05) is 12.1 Å². The number of carbonyl (C=O) groups excluding carboxylic acids is 2. The Balaban J connectivity index is 1.42. The first-order valence-electron chi connectivity index (χ1n) is 10.3. The van der Waals surface area contributed by atoms with Crippen molar-refractivity contribution >= 4 is 23.5 Å². The van der Waals surface area contributed by atoms with Crippen LogP contribution in [0.2, 0.25) is 0 Å². The lowest BCUT2D eigenvalue weighted by Gasteiger charge is -2.44. The molecule has 0 N–H and O–H groups in total. The second-order valence-electron chi connectivity index (χ2n) is 8.33. The van der Waals surface area contributed by atoms with Crippen molar-refractivity contribution in [3.05, 3.63) is 74.8 Å². The molecule has 2 aliphatic rings. The van der Waals surface area contributed by atoms with Crippen LogP contribution in [0.3, 0.4) is 0 Å². The number of ketones is 1. The predicted molar refractivity (Wildman–Crippen MR) is 116 cm³/mol. The molecule has 4 rings (SSSR count). The molecule has 2 aliphatic heterocycles. The zero-order valence-electron chi connectivity index (χ0n) is 17.6. The number of ether oxygens (including phenoxy) is 1. The van der Waals surface area contributed by atoms with Crippen molar-refractivity contribution in [3.8, 4) is 5.75 Å². The summed E-state index contributed by atoms with van der Waals surface area (Å²) in [5.41, 5.74) is 2.82. The number of aryl methyl sites for hydroxylation is 2. The summed E-state index contributed by atoms with van der Waals surface area (Å²) < 4.78 is 6.32. The van der Waals surface area contributed by atoms with Gasteiger partial charge < -0.3 is 9.64 Å². The van der Waals surface area contributed by atoms with E-state index in [1.54, 1.807) is 23.1 Å². The van der Waals surface area contributed by atoms with Gasteiger partial charge in [0, 0.05) is 44.1 Å². The lowest BCUT2D eigenvalue weighted by atomic mass is 9.82. The van der Waals surface area contributed by atoms with Crippen LogP contribution in [0.4, 0.5) is 5.69 Å². The first-order chi connectivity index (χ1) is 14.8. The normalized spacial score (nSPS) is 17.5. The highest BCUT2D eigenvalue weighted by Gasteiger charge is 2.43.